The molecule has 20 heavy (non-hydrogen) atoms. The molecule has 1 aromatic heterocycles. The van der Waals surface area contributed by atoms with Crippen LogP contribution in [0.3, 0.4) is 0 Å². The Morgan fingerprint density at radius 3 is 2.95 bits per heavy atom. The van der Waals surface area contributed by atoms with Gasteiger partial charge in [-0.2, -0.15) is 0 Å². The quantitative estimate of drug-likeness (QED) is 0.856. The van der Waals surface area contributed by atoms with Crippen LogP contribution < -0.4 is 5.32 Å². The fourth-order valence-corrected chi connectivity index (χ4v) is 2.72. The summed E-state index contributed by atoms with van der Waals surface area (Å²) in [6.07, 6.45) is 4.85. The van der Waals surface area contributed by atoms with Crippen LogP contribution >= 0.6 is 0 Å². The van der Waals surface area contributed by atoms with Crippen molar-refractivity contribution in [3.05, 3.63) is 48.3 Å². The standard InChI is InChI=1S/C15H21N5/c1-2-4-14(5-3-1)12-19-9-6-15(13-19)16-7-10-20-11-8-17-18-20/h1-5,8,11,15-16H,6-7,9-10,12-13H2. The van der Waals surface area contributed by atoms with Crippen LogP contribution in [0.15, 0.2) is 42.7 Å². The van der Waals surface area contributed by atoms with Crippen LogP contribution in [0.1, 0.15) is 12.0 Å². The predicted molar refractivity (Wildman–Crippen MR) is 78.1 cm³/mol. The number of aromatic nitrogens is 3. The molecule has 1 saturated heterocycles. The van der Waals surface area contributed by atoms with Crippen LogP contribution in [-0.4, -0.2) is 45.6 Å². The zero-order valence-electron chi connectivity index (χ0n) is 11.7. The molecule has 0 spiro atoms. The molecule has 2 heterocycles. The molecule has 1 fully saturated rings. The van der Waals surface area contributed by atoms with Gasteiger partial charge in [0.1, 0.15) is 0 Å². The Balaban J connectivity index is 1.38. The molecule has 0 radical (unpaired) electrons. The molecule has 1 atom stereocenters. The average molecular weight is 271 g/mol. The molecule has 1 aliphatic heterocycles. The molecule has 2 aromatic rings. The van der Waals surface area contributed by atoms with Gasteiger partial charge in [0.2, 0.25) is 0 Å². The van der Waals surface area contributed by atoms with Gasteiger partial charge in [-0.05, 0) is 12.0 Å². The molecule has 1 aromatic carbocycles. The summed E-state index contributed by atoms with van der Waals surface area (Å²) in [6.45, 7) is 5.20. The van der Waals surface area contributed by atoms with Crippen molar-refractivity contribution in [2.24, 2.45) is 0 Å². The molecule has 0 amide bonds. The Hall–Kier alpha value is -1.72. The van der Waals surface area contributed by atoms with Crippen LogP contribution in [0.4, 0.5) is 0 Å². The summed E-state index contributed by atoms with van der Waals surface area (Å²) in [5.74, 6) is 0. The SMILES string of the molecule is c1ccc(CN2CCC(NCCn3ccnn3)C2)cc1. The molecule has 3 rings (SSSR count). The first-order valence-corrected chi connectivity index (χ1v) is 7.24. The number of nitrogens with one attached hydrogen (secondary N) is 1. The second-order valence-electron chi connectivity index (χ2n) is 5.33. The molecule has 5 nitrogen and oxygen atoms in total. The van der Waals surface area contributed by atoms with E-state index in [2.05, 4.69) is 50.9 Å². The maximum absolute atomic E-state index is 3.97. The van der Waals surface area contributed by atoms with E-state index in [0.29, 0.717) is 6.04 Å². The van der Waals surface area contributed by atoms with Gasteiger partial charge in [0.25, 0.3) is 0 Å². The second kappa shape index (κ2) is 6.63. The van der Waals surface area contributed by atoms with Crippen LogP contribution in [0.25, 0.3) is 0 Å². The van der Waals surface area contributed by atoms with Crippen molar-refractivity contribution < 1.29 is 0 Å². The number of rotatable bonds is 6. The third-order valence-corrected chi connectivity index (χ3v) is 3.77. The van der Waals surface area contributed by atoms with Gasteiger partial charge in [-0.1, -0.05) is 35.5 Å². The van der Waals surface area contributed by atoms with E-state index in [1.54, 1.807) is 6.20 Å². The summed E-state index contributed by atoms with van der Waals surface area (Å²) >= 11 is 0. The van der Waals surface area contributed by atoms with E-state index >= 15 is 0 Å². The third-order valence-electron chi connectivity index (χ3n) is 3.77. The van der Waals surface area contributed by atoms with E-state index in [1.807, 2.05) is 10.9 Å². The Kier molecular flexibility index (Phi) is 4.40. The monoisotopic (exact) mass is 271 g/mol. The van der Waals surface area contributed by atoms with E-state index in [1.165, 1.54) is 18.5 Å². The molecule has 106 valence electrons. The summed E-state index contributed by atoms with van der Waals surface area (Å²) in [7, 11) is 0. The molecule has 1 N–H and O–H groups in total. The summed E-state index contributed by atoms with van der Waals surface area (Å²) in [5.41, 5.74) is 1.40. The van der Waals surface area contributed by atoms with Gasteiger partial charge in [-0.15, -0.1) is 5.10 Å². The van der Waals surface area contributed by atoms with E-state index < -0.39 is 0 Å². The highest BCUT2D eigenvalue weighted by Crippen LogP contribution is 2.13. The summed E-state index contributed by atoms with van der Waals surface area (Å²) in [6, 6.07) is 11.3. The summed E-state index contributed by atoms with van der Waals surface area (Å²) in [4.78, 5) is 2.52. The lowest BCUT2D eigenvalue weighted by molar-refractivity contribution is 0.319. The van der Waals surface area contributed by atoms with Crippen molar-refractivity contribution in [2.45, 2.75) is 25.6 Å². The second-order valence-corrected chi connectivity index (χ2v) is 5.33. The summed E-state index contributed by atoms with van der Waals surface area (Å²) < 4.78 is 1.86. The van der Waals surface area contributed by atoms with Gasteiger partial charge in [-0.25, -0.2) is 0 Å². The zero-order valence-corrected chi connectivity index (χ0v) is 11.7. The molecule has 1 unspecified atom stereocenters. The predicted octanol–water partition coefficient (Wildman–Crippen LogP) is 1.14. The highest BCUT2D eigenvalue weighted by Gasteiger charge is 2.21. The Bertz CT molecular complexity index is 496. The smallest absolute Gasteiger partial charge is 0.0692 e. The van der Waals surface area contributed by atoms with Gasteiger partial charge in [0.05, 0.1) is 12.7 Å². The Morgan fingerprint density at radius 2 is 2.15 bits per heavy atom. The van der Waals surface area contributed by atoms with Gasteiger partial charge >= 0.3 is 0 Å². The lowest BCUT2D eigenvalue weighted by atomic mass is 10.2. The minimum Gasteiger partial charge on any atom is -0.311 e. The van der Waals surface area contributed by atoms with E-state index in [0.717, 1.165) is 26.2 Å². The van der Waals surface area contributed by atoms with Crippen LogP contribution in [-0.2, 0) is 13.1 Å². The van der Waals surface area contributed by atoms with E-state index in [-0.39, 0.29) is 0 Å². The molecular weight excluding hydrogens is 250 g/mol. The van der Waals surface area contributed by atoms with Gasteiger partial charge in [0, 0.05) is 38.4 Å². The van der Waals surface area contributed by atoms with Crippen molar-refractivity contribution in [2.75, 3.05) is 19.6 Å². The maximum Gasteiger partial charge on any atom is 0.0692 e. The molecular formula is C15H21N5. The lowest BCUT2D eigenvalue weighted by Gasteiger charge is -2.16. The number of nitrogens with zero attached hydrogens (tertiary/aromatic N) is 4. The highest BCUT2D eigenvalue weighted by molar-refractivity contribution is 5.14. The summed E-state index contributed by atoms with van der Waals surface area (Å²) in [5, 5.41) is 11.4. The largest absolute Gasteiger partial charge is 0.311 e. The number of likely N-dealkylation sites (tertiary alicyclic amines) is 1. The molecule has 0 bridgehead atoms. The topological polar surface area (TPSA) is 46.0 Å². The van der Waals surface area contributed by atoms with Crippen molar-refractivity contribution in [3.63, 3.8) is 0 Å². The normalized spacial score (nSPS) is 19.5. The Morgan fingerprint density at radius 1 is 1.25 bits per heavy atom. The lowest BCUT2D eigenvalue weighted by Crippen LogP contribution is -2.34. The zero-order chi connectivity index (χ0) is 13.6. The average Bonchev–Trinajstić information content (AvgIpc) is 3.12. The molecule has 5 heteroatoms. The molecule has 0 aliphatic carbocycles. The van der Waals surface area contributed by atoms with Crippen LogP contribution in [0.5, 0.6) is 0 Å². The van der Waals surface area contributed by atoms with Gasteiger partial charge in [-0.3, -0.25) is 9.58 Å². The van der Waals surface area contributed by atoms with Crippen molar-refractivity contribution in [3.8, 4) is 0 Å². The molecule has 0 saturated carbocycles. The fourth-order valence-electron chi connectivity index (χ4n) is 2.72. The number of hydrogen-bond acceptors (Lipinski definition) is 4. The minimum absolute atomic E-state index is 0.599. The number of hydrogen-bond donors (Lipinski definition) is 1. The van der Waals surface area contributed by atoms with Gasteiger partial charge < -0.3 is 5.32 Å². The third kappa shape index (κ3) is 3.65. The van der Waals surface area contributed by atoms with Gasteiger partial charge in [0.15, 0.2) is 0 Å². The first kappa shape index (κ1) is 13.3. The van der Waals surface area contributed by atoms with Crippen molar-refractivity contribution in [1.82, 2.24) is 25.2 Å². The fraction of sp³-hybridized carbons (Fsp3) is 0.467. The first-order chi connectivity index (χ1) is 9.90. The number of benzene rings is 1. The first-order valence-electron chi connectivity index (χ1n) is 7.24. The maximum atomic E-state index is 3.97. The van der Waals surface area contributed by atoms with E-state index in [4.69, 9.17) is 0 Å². The van der Waals surface area contributed by atoms with Crippen molar-refractivity contribution >= 4 is 0 Å². The van der Waals surface area contributed by atoms with Crippen LogP contribution in [0, 0.1) is 0 Å². The van der Waals surface area contributed by atoms with E-state index in [9.17, 15) is 0 Å². The van der Waals surface area contributed by atoms with Crippen molar-refractivity contribution in [1.29, 1.82) is 0 Å². The Labute approximate surface area is 119 Å². The minimum atomic E-state index is 0.599. The molecule has 1 aliphatic rings. The highest BCUT2D eigenvalue weighted by atomic mass is 15.4. The van der Waals surface area contributed by atoms with Crippen LogP contribution in [0.2, 0.25) is 0 Å².